The van der Waals surface area contributed by atoms with Crippen molar-refractivity contribution in [1.29, 1.82) is 0 Å². The molecule has 6 heteroatoms. The first-order valence-electron chi connectivity index (χ1n) is 9.38. The SMILES string of the molecule is CCOc1ccc(CN(C)C(=O)CN(C)Cc2ccc(C(=O)NC)cc2)cc1. The van der Waals surface area contributed by atoms with Gasteiger partial charge in [-0.2, -0.15) is 0 Å². The maximum absolute atomic E-state index is 12.5. The number of nitrogens with zero attached hydrogens (tertiary/aromatic N) is 2. The van der Waals surface area contributed by atoms with Gasteiger partial charge in [-0.05, 0) is 49.4 Å². The molecule has 0 atom stereocenters. The standard InChI is InChI=1S/C22H29N3O3/c1-5-28-20-12-8-18(9-13-20)15-25(4)21(26)16-24(3)14-17-6-10-19(11-7-17)22(27)23-2/h6-13H,5,14-16H2,1-4H3,(H,23,27). The molecule has 0 aromatic heterocycles. The molecule has 1 N–H and O–H groups in total. The Kier molecular flexibility index (Phi) is 8.02. The molecule has 6 nitrogen and oxygen atoms in total. The van der Waals surface area contributed by atoms with Crippen LogP contribution in [-0.4, -0.2) is 55.9 Å². The number of hydrogen-bond donors (Lipinski definition) is 1. The van der Waals surface area contributed by atoms with Crippen LogP contribution in [0.25, 0.3) is 0 Å². The van der Waals surface area contributed by atoms with E-state index >= 15 is 0 Å². The average Bonchev–Trinajstić information content (AvgIpc) is 2.69. The predicted molar refractivity (Wildman–Crippen MR) is 110 cm³/mol. The summed E-state index contributed by atoms with van der Waals surface area (Å²) in [6.45, 7) is 4.10. The summed E-state index contributed by atoms with van der Waals surface area (Å²) in [6.07, 6.45) is 0. The van der Waals surface area contributed by atoms with Crippen molar-refractivity contribution in [3.05, 3.63) is 65.2 Å². The van der Waals surface area contributed by atoms with E-state index in [2.05, 4.69) is 5.32 Å². The number of amides is 2. The third-order valence-electron chi connectivity index (χ3n) is 4.38. The molecule has 0 bridgehead atoms. The van der Waals surface area contributed by atoms with Crippen LogP contribution in [0.2, 0.25) is 0 Å². The molecule has 0 aliphatic carbocycles. The fourth-order valence-corrected chi connectivity index (χ4v) is 2.84. The molecule has 0 aliphatic rings. The molecule has 0 saturated heterocycles. The van der Waals surface area contributed by atoms with Crippen LogP contribution in [0.1, 0.15) is 28.4 Å². The Balaban J connectivity index is 1.84. The fourth-order valence-electron chi connectivity index (χ4n) is 2.84. The van der Waals surface area contributed by atoms with E-state index in [1.807, 2.05) is 62.3 Å². The van der Waals surface area contributed by atoms with E-state index in [9.17, 15) is 9.59 Å². The lowest BCUT2D eigenvalue weighted by molar-refractivity contribution is -0.131. The van der Waals surface area contributed by atoms with Crippen molar-refractivity contribution in [2.75, 3.05) is 34.3 Å². The Labute approximate surface area is 167 Å². The highest BCUT2D eigenvalue weighted by Crippen LogP contribution is 2.13. The van der Waals surface area contributed by atoms with Gasteiger partial charge in [-0.1, -0.05) is 24.3 Å². The number of likely N-dealkylation sites (N-methyl/N-ethyl adjacent to an activating group) is 2. The fraction of sp³-hybridized carbons (Fsp3) is 0.364. The first-order chi connectivity index (χ1) is 13.4. The van der Waals surface area contributed by atoms with Crippen molar-refractivity contribution in [2.45, 2.75) is 20.0 Å². The van der Waals surface area contributed by atoms with Gasteiger partial charge in [0.15, 0.2) is 0 Å². The first kappa shape index (κ1) is 21.4. The summed E-state index contributed by atoms with van der Waals surface area (Å²) in [5.74, 6) is 0.784. The van der Waals surface area contributed by atoms with E-state index in [1.165, 1.54) is 0 Å². The molecule has 150 valence electrons. The van der Waals surface area contributed by atoms with Crippen molar-refractivity contribution in [1.82, 2.24) is 15.1 Å². The molecule has 2 rings (SSSR count). The van der Waals surface area contributed by atoms with Crippen LogP contribution < -0.4 is 10.1 Å². The van der Waals surface area contributed by atoms with Gasteiger partial charge in [0, 0.05) is 32.7 Å². The van der Waals surface area contributed by atoms with Gasteiger partial charge < -0.3 is 15.0 Å². The summed E-state index contributed by atoms with van der Waals surface area (Å²) in [6, 6.07) is 15.2. The van der Waals surface area contributed by atoms with E-state index in [4.69, 9.17) is 4.74 Å². The minimum Gasteiger partial charge on any atom is -0.494 e. The topological polar surface area (TPSA) is 61.9 Å². The van der Waals surface area contributed by atoms with Crippen LogP contribution in [0.15, 0.2) is 48.5 Å². The number of carbonyl (C=O) groups is 2. The zero-order valence-electron chi connectivity index (χ0n) is 17.1. The Morgan fingerprint density at radius 1 is 0.929 bits per heavy atom. The number of ether oxygens (including phenoxy) is 1. The highest BCUT2D eigenvalue weighted by atomic mass is 16.5. The average molecular weight is 383 g/mol. The van der Waals surface area contributed by atoms with Crippen molar-refractivity contribution in [3.8, 4) is 5.75 Å². The maximum Gasteiger partial charge on any atom is 0.251 e. The summed E-state index contributed by atoms with van der Waals surface area (Å²) < 4.78 is 5.44. The van der Waals surface area contributed by atoms with Crippen LogP contribution in [0.3, 0.4) is 0 Å². The molecule has 0 radical (unpaired) electrons. The van der Waals surface area contributed by atoms with E-state index in [-0.39, 0.29) is 11.8 Å². The largest absolute Gasteiger partial charge is 0.494 e. The smallest absolute Gasteiger partial charge is 0.251 e. The van der Waals surface area contributed by atoms with Crippen molar-refractivity contribution in [2.24, 2.45) is 0 Å². The van der Waals surface area contributed by atoms with Crippen LogP contribution in [0, 0.1) is 0 Å². The van der Waals surface area contributed by atoms with E-state index in [0.29, 0.717) is 31.8 Å². The Hall–Kier alpha value is -2.86. The van der Waals surface area contributed by atoms with Crippen molar-refractivity contribution < 1.29 is 14.3 Å². The lowest BCUT2D eigenvalue weighted by Crippen LogP contribution is -2.36. The molecule has 2 aromatic rings. The summed E-state index contributed by atoms with van der Waals surface area (Å²) in [7, 11) is 5.33. The highest BCUT2D eigenvalue weighted by molar-refractivity contribution is 5.93. The first-order valence-corrected chi connectivity index (χ1v) is 9.38. The number of nitrogens with one attached hydrogen (secondary N) is 1. The zero-order valence-corrected chi connectivity index (χ0v) is 17.1. The number of rotatable bonds is 9. The van der Waals surface area contributed by atoms with E-state index in [1.54, 1.807) is 24.1 Å². The lowest BCUT2D eigenvalue weighted by atomic mass is 10.1. The second-order valence-corrected chi connectivity index (χ2v) is 6.78. The van der Waals surface area contributed by atoms with Gasteiger partial charge in [-0.15, -0.1) is 0 Å². The molecule has 0 spiro atoms. The Morgan fingerprint density at radius 3 is 2.07 bits per heavy atom. The maximum atomic E-state index is 12.5. The van der Waals surface area contributed by atoms with Gasteiger partial charge in [0.05, 0.1) is 13.2 Å². The van der Waals surface area contributed by atoms with Gasteiger partial charge in [-0.25, -0.2) is 0 Å². The van der Waals surface area contributed by atoms with Gasteiger partial charge in [0.1, 0.15) is 5.75 Å². The van der Waals surface area contributed by atoms with Gasteiger partial charge >= 0.3 is 0 Å². The quantitative estimate of drug-likeness (QED) is 0.723. The number of hydrogen-bond acceptors (Lipinski definition) is 4. The molecule has 0 saturated carbocycles. The van der Waals surface area contributed by atoms with E-state index < -0.39 is 0 Å². The van der Waals surface area contributed by atoms with Crippen LogP contribution in [0.4, 0.5) is 0 Å². The highest BCUT2D eigenvalue weighted by Gasteiger charge is 2.13. The predicted octanol–water partition coefficient (Wildman–Crippen LogP) is 2.54. The number of carbonyl (C=O) groups excluding carboxylic acids is 2. The van der Waals surface area contributed by atoms with Crippen LogP contribution >= 0.6 is 0 Å². The summed E-state index contributed by atoms with van der Waals surface area (Å²) in [5.41, 5.74) is 2.74. The second-order valence-electron chi connectivity index (χ2n) is 6.78. The summed E-state index contributed by atoms with van der Waals surface area (Å²) >= 11 is 0. The molecule has 0 aliphatic heterocycles. The van der Waals surface area contributed by atoms with Crippen molar-refractivity contribution in [3.63, 3.8) is 0 Å². The minimum absolute atomic E-state index is 0.0540. The Bertz CT molecular complexity index is 773. The molecule has 0 heterocycles. The van der Waals surface area contributed by atoms with Crippen LogP contribution in [0.5, 0.6) is 5.75 Å². The van der Waals surface area contributed by atoms with Gasteiger partial charge in [-0.3, -0.25) is 14.5 Å². The lowest BCUT2D eigenvalue weighted by Gasteiger charge is -2.22. The molecule has 2 amide bonds. The normalized spacial score (nSPS) is 10.6. The third kappa shape index (κ3) is 6.39. The zero-order chi connectivity index (χ0) is 20.5. The molecule has 2 aromatic carbocycles. The molecule has 28 heavy (non-hydrogen) atoms. The van der Waals surface area contributed by atoms with Crippen molar-refractivity contribution >= 4 is 11.8 Å². The molecule has 0 unspecified atom stereocenters. The molecular formula is C22H29N3O3. The minimum atomic E-state index is -0.106. The van der Waals surface area contributed by atoms with Gasteiger partial charge in [0.25, 0.3) is 5.91 Å². The monoisotopic (exact) mass is 383 g/mol. The molecular weight excluding hydrogens is 354 g/mol. The molecule has 0 fully saturated rings. The Morgan fingerprint density at radius 2 is 1.50 bits per heavy atom. The van der Waals surface area contributed by atoms with Crippen LogP contribution in [-0.2, 0) is 17.9 Å². The summed E-state index contributed by atoms with van der Waals surface area (Å²) in [4.78, 5) is 27.8. The second kappa shape index (κ2) is 10.5. The third-order valence-corrected chi connectivity index (χ3v) is 4.38. The van der Waals surface area contributed by atoms with E-state index in [0.717, 1.165) is 16.9 Å². The number of benzene rings is 2. The summed E-state index contributed by atoms with van der Waals surface area (Å²) in [5, 5.41) is 2.60. The van der Waals surface area contributed by atoms with Gasteiger partial charge in [0.2, 0.25) is 5.91 Å².